The van der Waals surface area contributed by atoms with Crippen LogP contribution < -0.4 is 5.69 Å². The summed E-state index contributed by atoms with van der Waals surface area (Å²) >= 11 is 0. The molecule has 26 heavy (non-hydrogen) atoms. The number of aromatic nitrogens is 2. The average Bonchev–Trinajstić information content (AvgIpc) is 2.87. The third-order valence-electron chi connectivity index (χ3n) is 5.29. The molecule has 1 aromatic heterocycles. The number of rotatable bonds is 5. The van der Waals surface area contributed by atoms with Crippen molar-refractivity contribution in [2.45, 2.75) is 32.2 Å². The van der Waals surface area contributed by atoms with Gasteiger partial charge < -0.3 is 4.74 Å². The number of ether oxygens (including phenoxy) is 1. The van der Waals surface area contributed by atoms with Crippen LogP contribution in [0.2, 0.25) is 0 Å². The van der Waals surface area contributed by atoms with E-state index in [9.17, 15) is 9.59 Å². The smallest absolute Gasteiger partial charge is 0.356 e. The van der Waals surface area contributed by atoms with Gasteiger partial charge in [0.1, 0.15) is 0 Å². The van der Waals surface area contributed by atoms with E-state index in [2.05, 4.69) is 29.2 Å². The predicted molar refractivity (Wildman–Crippen MR) is 100 cm³/mol. The van der Waals surface area contributed by atoms with Crippen LogP contribution in [0.1, 0.15) is 47.4 Å². The number of likely N-dealkylation sites (tertiary alicyclic amines) is 1. The zero-order valence-corrected chi connectivity index (χ0v) is 15.8. The van der Waals surface area contributed by atoms with Crippen molar-refractivity contribution in [3.63, 3.8) is 0 Å². The molecule has 6 nitrogen and oxygen atoms in total. The summed E-state index contributed by atoms with van der Waals surface area (Å²) in [6.07, 6.45) is 2.17. The van der Waals surface area contributed by atoms with Crippen molar-refractivity contribution in [3.05, 3.63) is 57.8 Å². The Hall–Kier alpha value is -2.34. The second-order valence-corrected chi connectivity index (χ2v) is 6.88. The van der Waals surface area contributed by atoms with E-state index in [1.165, 1.54) is 10.1 Å². The van der Waals surface area contributed by atoms with Gasteiger partial charge in [-0.05, 0) is 44.3 Å². The van der Waals surface area contributed by atoms with Gasteiger partial charge in [-0.25, -0.2) is 9.59 Å². The highest BCUT2D eigenvalue weighted by atomic mass is 16.5. The molecule has 1 fully saturated rings. The van der Waals surface area contributed by atoms with Gasteiger partial charge >= 0.3 is 11.7 Å². The van der Waals surface area contributed by atoms with Crippen LogP contribution in [0.3, 0.4) is 0 Å². The van der Waals surface area contributed by atoms with Gasteiger partial charge in [0.25, 0.3) is 0 Å². The number of nitrogens with zero attached hydrogens (tertiary/aromatic N) is 3. The quantitative estimate of drug-likeness (QED) is 0.771. The minimum atomic E-state index is -0.429. The monoisotopic (exact) mass is 357 g/mol. The summed E-state index contributed by atoms with van der Waals surface area (Å²) < 4.78 is 8.11. The Labute approximate surface area is 154 Å². The summed E-state index contributed by atoms with van der Waals surface area (Å²) in [7, 11) is 3.34. The number of carbonyl (C=O) groups excluding carboxylic acids is 1. The van der Waals surface area contributed by atoms with Crippen LogP contribution in [0, 0.1) is 0 Å². The largest absolute Gasteiger partial charge is 0.461 e. The zero-order chi connectivity index (χ0) is 18.7. The average molecular weight is 357 g/mol. The Balaban J connectivity index is 1.73. The second kappa shape index (κ2) is 7.91. The molecule has 6 heteroatoms. The van der Waals surface area contributed by atoms with Crippen LogP contribution in [0.15, 0.2) is 35.1 Å². The molecule has 0 aliphatic carbocycles. The maximum absolute atomic E-state index is 12.3. The minimum absolute atomic E-state index is 0.192. The van der Waals surface area contributed by atoms with Gasteiger partial charge in [0.05, 0.1) is 12.3 Å². The molecule has 0 bridgehead atoms. The van der Waals surface area contributed by atoms with Crippen molar-refractivity contribution in [3.8, 4) is 0 Å². The summed E-state index contributed by atoms with van der Waals surface area (Å²) in [6.45, 7) is 4.55. The lowest BCUT2D eigenvalue weighted by Gasteiger charge is -2.32. The highest BCUT2D eigenvalue weighted by molar-refractivity contribution is 5.88. The summed E-state index contributed by atoms with van der Waals surface area (Å²) in [5, 5.41) is 0. The first-order valence-corrected chi connectivity index (χ1v) is 9.22. The van der Waals surface area contributed by atoms with Gasteiger partial charge in [0.2, 0.25) is 0 Å². The first-order valence-electron chi connectivity index (χ1n) is 9.22. The number of carbonyl (C=O) groups is 1. The Morgan fingerprint density at radius 1 is 1.12 bits per heavy atom. The van der Waals surface area contributed by atoms with Crippen molar-refractivity contribution in [2.24, 2.45) is 14.1 Å². The summed E-state index contributed by atoms with van der Waals surface area (Å²) in [5.74, 6) is 0.151. The molecule has 0 unspecified atom stereocenters. The highest BCUT2D eigenvalue weighted by Gasteiger charge is 2.26. The van der Waals surface area contributed by atoms with Crippen LogP contribution in [0.5, 0.6) is 0 Å². The molecule has 1 aromatic carbocycles. The van der Waals surface area contributed by atoms with Crippen molar-refractivity contribution in [1.29, 1.82) is 0 Å². The lowest BCUT2D eigenvalue weighted by Crippen LogP contribution is -2.34. The van der Waals surface area contributed by atoms with E-state index < -0.39 is 5.97 Å². The fourth-order valence-corrected chi connectivity index (χ4v) is 3.79. The zero-order valence-electron chi connectivity index (χ0n) is 15.8. The van der Waals surface area contributed by atoms with Crippen LogP contribution in [0.4, 0.5) is 0 Å². The molecular weight excluding hydrogens is 330 g/mol. The SMILES string of the molecule is CCOC(=O)c1c(CN2CCC(c3ccccc3)CC2)n(C)c(=O)n1C. The molecule has 2 heterocycles. The molecule has 0 radical (unpaired) electrons. The Kier molecular flexibility index (Phi) is 5.61. The molecule has 1 saturated heterocycles. The third kappa shape index (κ3) is 3.60. The van der Waals surface area contributed by atoms with Gasteiger partial charge in [-0.2, -0.15) is 0 Å². The molecule has 3 rings (SSSR count). The summed E-state index contributed by atoms with van der Waals surface area (Å²) in [6, 6.07) is 10.6. The topological polar surface area (TPSA) is 56.5 Å². The summed E-state index contributed by atoms with van der Waals surface area (Å²) in [4.78, 5) is 26.9. The van der Waals surface area contributed by atoms with Crippen LogP contribution in [-0.4, -0.2) is 39.7 Å². The Morgan fingerprint density at radius 2 is 1.77 bits per heavy atom. The molecule has 0 N–H and O–H groups in total. The Morgan fingerprint density at radius 3 is 2.38 bits per heavy atom. The molecular formula is C20H27N3O3. The van der Waals surface area contributed by atoms with Gasteiger partial charge in [-0.3, -0.25) is 14.0 Å². The molecule has 140 valence electrons. The molecule has 0 saturated carbocycles. The molecule has 0 atom stereocenters. The number of hydrogen-bond acceptors (Lipinski definition) is 4. The fourth-order valence-electron chi connectivity index (χ4n) is 3.79. The van der Waals surface area contributed by atoms with Gasteiger partial charge in [0, 0.05) is 20.6 Å². The number of hydrogen-bond donors (Lipinski definition) is 0. The van der Waals surface area contributed by atoms with Gasteiger partial charge in [0.15, 0.2) is 5.69 Å². The van der Waals surface area contributed by atoms with Crippen molar-refractivity contribution in [2.75, 3.05) is 19.7 Å². The van der Waals surface area contributed by atoms with Crippen LogP contribution in [-0.2, 0) is 25.4 Å². The van der Waals surface area contributed by atoms with Crippen molar-refractivity contribution in [1.82, 2.24) is 14.0 Å². The van der Waals surface area contributed by atoms with E-state index >= 15 is 0 Å². The maximum Gasteiger partial charge on any atom is 0.356 e. The standard InChI is InChI=1S/C20H27N3O3/c1-4-26-19(24)18-17(21(2)20(25)22(18)3)14-23-12-10-16(11-13-23)15-8-6-5-7-9-15/h5-9,16H,4,10-14H2,1-3H3. The molecule has 2 aromatic rings. The fraction of sp³-hybridized carbons (Fsp3) is 0.500. The van der Waals surface area contributed by atoms with Gasteiger partial charge in [-0.1, -0.05) is 30.3 Å². The minimum Gasteiger partial charge on any atom is -0.461 e. The van der Waals surface area contributed by atoms with E-state index in [1.807, 2.05) is 6.07 Å². The first-order chi connectivity index (χ1) is 12.5. The van der Waals surface area contributed by atoms with Crippen LogP contribution in [0.25, 0.3) is 0 Å². The van der Waals surface area contributed by atoms with E-state index in [0.29, 0.717) is 24.8 Å². The van der Waals surface area contributed by atoms with E-state index in [4.69, 9.17) is 4.74 Å². The predicted octanol–water partition coefficient (Wildman–Crippen LogP) is 2.28. The van der Waals surface area contributed by atoms with E-state index in [0.717, 1.165) is 31.6 Å². The normalized spacial score (nSPS) is 16.0. The second-order valence-electron chi connectivity index (χ2n) is 6.88. The number of piperidine rings is 1. The third-order valence-corrected chi connectivity index (χ3v) is 5.29. The van der Waals surface area contributed by atoms with E-state index in [-0.39, 0.29) is 5.69 Å². The number of benzene rings is 1. The van der Waals surface area contributed by atoms with Crippen LogP contribution >= 0.6 is 0 Å². The molecule has 1 aliphatic rings. The van der Waals surface area contributed by atoms with Crippen molar-refractivity contribution < 1.29 is 9.53 Å². The Bertz CT molecular complexity index is 815. The maximum atomic E-state index is 12.3. The lowest BCUT2D eigenvalue weighted by molar-refractivity contribution is 0.0511. The molecule has 1 aliphatic heterocycles. The number of esters is 1. The highest BCUT2D eigenvalue weighted by Crippen LogP contribution is 2.28. The molecule has 0 amide bonds. The van der Waals surface area contributed by atoms with Crippen molar-refractivity contribution >= 4 is 5.97 Å². The lowest BCUT2D eigenvalue weighted by atomic mass is 9.89. The van der Waals surface area contributed by atoms with Gasteiger partial charge in [-0.15, -0.1) is 0 Å². The summed E-state index contributed by atoms with van der Waals surface area (Å²) in [5.41, 5.74) is 2.30. The van der Waals surface area contributed by atoms with E-state index in [1.54, 1.807) is 25.6 Å². The first kappa shape index (κ1) is 18.5. The number of imidazole rings is 1. The molecule has 0 spiro atoms.